The molecule has 0 spiro atoms. The summed E-state index contributed by atoms with van der Waals surface area (Å²) in [6.45, 7) is 13.1. The fourth-order valence-electron chi connectivity index (χ4n) is 4.33. The van der Waals surface area contributed by atoms with E-state index in [1.807, 2.05) is 12.1 Å². The number of fused-ring (bicyclic) bond motifs is 1. The van der Waals surface area contributed by atoms with Gasteiger partial charge in [0.2, 0.25) is 0 Å². The standard InChI is InChI=1S/C31H38N2O2/c1-23(2)26-12-6-9-15-29(26)34-21-11-10-20-33-28-14-8-7-13-27(28)32-30(33)22-35-25-18-16-24(17-19-25)31(3,4)5/h6-9,12-19,23H,10-11,20-22H2,1-5H3. The summed E-state index contributed by atoms with van der Waals surface area (Å²) in [4.78, 5) is 4.87. The summed E-state index contributed by atoms with van der Waals surface area (Å²) < 4.78 is 14.6. The maximum Gasteiger partial charge on any atom is 0.147 e. The average molecular weight is 471 g/mol. The first-order valence-corrected chi connectivity index (χ1v) is 12.7. The minimum Gasteiger partial charge on any atom is -0.493 e. The third kappa shape index (κ3) is 6.25. The van der Waals surface area contributed by atoms with E-state index in [-0.39, 0.29) is 5.41 Å². The molecule has 0 unspecified atom stereocenters. The molecule has 0 radical (unpaired) electrons. The van der Waals surface area contributed by atoms with Crippen molar-refractivity contribution in [2.24, 2.45) is 0 Å². The molecule has 0 N–H and O–H groups in total. The Bertz CT molecular complexity index is 1230. The molecule has 0 aliphatic rings. The van der Waals surface area contributed by atoms with Crippen LogP contribution in [-0.2, 0) is 18.6 Å². The zero-order valence-electron chi connectivity index (χ0n) is 21.8. The van der Waals surface area contributed by atoms with Gasteiger partial charge in [-0.05, 0) is 65.6 Å². The summed E-state index contributed by atoms with van der Waals surface area (Å²) in [5, 5.41) is 0. The van der Waals surface area contributed by atoms with Crippen molar-refractivity contribution in [3.63, 3.8) is 0 Å². The van der Waals surface area contributed by atoms with Crippen LogP contribution >= 0.6 is 0 Å². The third-order valence-electron chi connectivity index (χ3n) is 6.40. The molecule has 0 aliphatic carbocycles. The fourth-order valence-corrected chi connectivity index (χ4v) is 4.33. The predicted molar refractivity (Wildman–Crippen MR) is 144 cm³/mol. The number of para-hydroxylation sites is 3. The highest BCUT2D eigenvalue weighted by atomic mass is 16.5. The van der Waals surface area contributed by atoms with Gasteiger partial charge in [-0.15, -0.1) is 0 Å². The van der Waals surface area contributed by atoms with Crippen molar-refractivity contribution in [3.05, 3.63) is 89.7 Å². The van der Waals surface area contributed by atoms with Gasteiger partial charge in [-0.25, -0.2) is 4.98 Å². The third-order valence-corrected chi connectivity index (χ3v) is 6.40. The van der Waals surface area contributed by atoms with Crippen molar-refractivity contribution in [2.45, 2.75) is 71.9 Å². The number of aromatic nitrogens is 2. The van der Waals surface area contributed by atoms with Crippen LogP contribution in [0.15, 0.2) is 72.8 Å². The molecule has 0 atom stereocenters. The van der Waals surface area contributed by atoms with Crippen LogP contribution in [-0.4, -0.2) is 16.2 Å². The maximum absolute atomic E-state index is 6.14. The van der Waals surface area contributed by atoms with Gasteiger partial charge in [-0.1, -0.05) is 77.1 Å². The molecule has 1 aromatic heterocycles. The number of hydrogen-bond donors (Lipinski definition) is 0. The first-order chi connectivity index (χ1) is 16.8. The average Bonchev–Trinajstić information content (AvgIpc) is 3.20. The normalized spacial score (nSPS) is 11.8. The minimum absolute atomic E-state index is 0.132. The Morgan fingerprint density at radius 1 is 0.829 bits per heavy atom. The summed E-state index contributed by atoms with van der Waals surface area (Å²) in [6, 6.07) is 25.1. The van der Waals surface area contributed by atoms with Crippen molar-refractivity contribution in [2.75, 3.05) is 6.61 Å². The van der Waals surface area contributed by atoms with E-state index in [2.05, 4.69) is 99.8 Å². The lowest BCUT2D eigenvalue weighted by atomic mass is 9.87. The van der Waals surface area contributed by atoms with Gasteiger partial charge in [-0.3, -0.25) is 0 Å². The van der Waals surface area contributed by atoms with Crippen LogP contribution < -0.4 is 9.47 Å². The Hall–Kier alpha value is -3.27. The van der Waals surface area contributed by atoms with Crippen LogP contribution in [0.4, 0.5) is 0 Å². The van der Waals surface area contributed by atoms with E-state index in [0.717, 1.165) is 47.7 Å². The molecule has 0 fully saturated rings. The number of rotatable bonds is 10. The summed E-state index contributed by atoms with van der Waals surface area (Å²) in [5.41, 5.74) is 4.86. The molecule has 0 saturated carbocycles. The molecule has 4 nitrogen and oxygen atoms in total. The molecule has 3 aromatic carbocycles. The maximum atomic E-state index is 6.14. The monoisotopic (exact) mass is 470 g/mol. The number of unbranched alkanes of at least 4 members (excludes halogenated alkanes) is 1. The number of hydrogen-bond acceptors (Lipinski definition) is 3. The van der Waals surface area contributed by atoms with Crippen LogP contribution in [0, 0.1) is 0 Å². The molecule has 35 heavy (non-hydrogen) atoms. The van der Waals surface area contributed by atoms with Gasteiger partial charge < -0.3 is 14.0 Å². The Balaban J connectivity index is 1.38. The molecule has 1 heterocycles. The Morgan fingerprint density at radius 3 is 2.29 bits per heavy atom. The Kier molecular flexibility index (Phi) is 7.80. The molecule has 0 aliphatic heterocycles. The van der Waals surface area contributed by atoms with Crippen molar-refractivity contribution in [1.82, 2.24) is 9.55 Å². The van der Waals surface area contributed by atoms with E-state index in [0.29, 0.717) is 19.1 Å². The largest absolute Gasteiger partial charge is 0.493 e. The second-order valence-electron chi connectivity index (χ2n) is 10.5. The SMILES string of the molecule is CC(C)c1ccccc1OCCCCn1c(COc2ccc(C(C)(C)C)cc2)nc2ccccc21. The summed E-state index contributed by atoms with van der Waals surface area (Å²) >= 11 is 0. The lowest BCUT2D eigenvalue weighted by molar-refractivity contribution is 0.284. The van der Waals surface area contributed by atoms with Gasteiger partial charge in [-0.2, -0.15) is 0 Å². The highest BCUT2D eigenvalue weighted by Gasteiger charge is 2.14. The second-order valence-corrected chi connectivity index (χ2v) is 10.5. The van der Waals surface area contributed by atoms with Crippen LogP contribution in [0.5, 0.6) is 11.5 Å². The van der Waals surface area contributed by atoms with Crippen LogP contribution in [0.2, 0.25) is 0 Å². The van der Waals surface area contributed by atoms with Crippen molar-refractivity contribution in [1.29, 1.82) is 0 Å². The topological polar surface area (TPSA) is 36.3 Å². The lowest BCUT2D eigenvalue weighted by Crippen LogP contribution is -2.11. The van der Waals surface area contributed by atoms with Gasteiger partial charge in [0.25, 0.3) is 0 Å². The predicted octanol–water partition coefficient (Wildman–Crippen LogP) is 7.90. The summed E-state index contributed by atoms with van der Waals surface area (Å²) in [6.07, 6.45) is 1.99. The van der Waals surface area contributed by atoms with Gasteiger partial charge in [0.15, 0.2) is 0 Å². The number of ether oxygens (including phenoxy) is 2. The molecule has 0 saturated heterocycles. The number of benzene rings is 3. The quantitative estimate of drug-likeness (QED) is 0.221. The van der Waals surface area contributed by atoms with Crippen LogP contribution in [0.1, 0.15) is 70.3 Å². The Morgan fingerprint density at radius 2 is 1.54 bits per heavy atom. The highest BCUT2D eigenvalue weighted by molar-refractivity contribution is 5.75. The van der Waals surface area contributed by atoms with Crippen molar-refractivity contribution in [3.8, 4) is 11.5 Å². The second kappa shape index (κ2) is 11.0. The molecule has 4 aromatic rings. The van der Waals surface area contributed by atoms with E-state index in [4.69, 9.17) is 14.5 Å². The van der Waals surface area contributed by atoms with Gasteiger partial charge in [0, 0.05) is 6.54 Å². The number of aryl methyl sites for hydroxylation is 1. The zero-order valence-corrected chi connectivity index (χ0v) is 21.8. The molecule has 0 bridgehead atoms. The van der Waals surface area contributed by atoms with Gasteiger partial charge >= 0.3 is 0 Å². The molecular weight excluding hydrogens is 432 g/mol. The molecule has 184 valence electrons. The molecule has 4 heteroatoms. The first-order valence-electron chi connectivity index (χ1n) is 12.7. The number of imidazole rings is 1. The van der Waals surface area contributed by atoms with Gasteiger partial charge in [0.05, 0.1) is 17.6 Å². The van der Waals surface area contributed by atoms with E-state index in [1.165, 1.54) is 11.1 Å². The summed E-state index contributed by atoms with van der Waals surface area (Å²) in [5.74, 6) is 3.28. The van der Waals surface area contributed by atoms with Crippen molar-refractivity contribution >= 4 is 11.0 Å². The van der Waals surface area contributed by atoms with E-state index < -0.39 is 0 Å². The van der Waals surface area contributed by atoms with E-state index in [9.17, 15) is 0 Å². The number of nitrogens with zero attached hydrogens (tertiary/aromatic N) is 2. The minimum atomic E-state index is 0.132. The highest BCUT2D eigenvalue weighted by Crippen LogP contribution is 2.27. The van der Waals surface area contributed by atoms with E-state index in [1.54, 1.807) is 0 Å². The molecular formula is C31H38N2O2. The molecule has 0 amide bonds. The summed E-state index contributed by atoms with van der Waals surface area (Å²) in [7, 11) is 0. The van der Waals surface area contributed by atoms with Gasteiger partial charge in [0.1, 0.15) is 23.9 Å². The molecule has 4 rings (SSSR count). The van der Waals surface area contributed by atoms with Crippen LogP contribution in [0.3, 0.4) is 0 Å². The Labute approximate surface area is 209 Å². The van der Waals surface area contributed by atoms with Crippen LogP contribution in [0.25, 0.3) is 11.0 Å². The zero-order chi connectivity index (χ0) is 24.8. The first kappa shape index (κ1) is 24.8. The lowest BCUT2D eigenvalue weighted by Gasteiger charge is -2.19. The van der Waals surface area contributed by atoms with Crippen molar-refractivity contribution < 1.29 is 9.47 Å². The smallest absolute Gasteiger partial charge is 0.147 e. The fraction of sp³-hybridized carbons (Fsp3) is 0.387. The van der Waals surface area contributed by atoms with E-state index >= 15 is 0 Å².